The number of thiazole rings is 1. The number of aromatic nitrogens is 4. The van der Waals surface area contributed by atoms with Crippen LogP contribution in [0.15, 0.2) is 34.8 Å². The SMILES string of the molecule is Cc1ccc(OCc2nc(SCC(=O)Nc3nc(C)cs3)n[nH]2)cc1. The van der Waals surface area contributed by atoms with Crippen molar-refractivity contribution in [3.63, 3.8) is 0 Å². The molecule has 1 amide bonds. The average molecular weight is 375 g/mol. The smallest absolute Gasteiger partial charge is 0.236 e. The van der Waals surface area contributed by atoms with Crippen LogP contribution in [0.1, 0.15) is 17.1 Å². The van der Waals surface area contributed by atoms with Crippen LogP contribution >= 0.6 is 23.1 Å². The van der Waals surface area contributed by atoms with E-state index in [0.717, 1.165) is 11.4 Å². The molecule has 7 nitrogen and oxygen atoms in total. The van der Waals surface area contributed by atoms with Crippen molar-refractivity contribution >= 4 is 34.1 Å². The van der Waals surface area contributed by atoms with Crippen molar-refractivity contribution in [1.82, 2.24) is 20.2 Å². The fourth-order valence-corrected chi connectivity index (χ4v) is 3.21. The van der Waals surface area contributed by atoms with Crippen molar-refractivity contribution in [3.05, 3.63) is 46.7 Å². The van der Waals surface area contributed by atoms with Gasteiger partial charge in [0.15, 0.2) is 11.0 Å². The van der Waals surface area contributed by atoms with Gasteiger partial charge in [-0.05, 0) is 26.0 Å². The highest BCUT2D eigenvalue weighted by Gasteiger charge is 2.10. The lowest BCUT2D eigenvalue weighted by Crippen LogP contribution is -2.13. The molecule has 0 spiro atoms. The summed E-state index contributed by atoms with van der Waals surface area (Å²) in [5.74, 6) is 1.46. The van der Waals surface area contributed by atoms with Gasteiger partial charge >= 0.3 is 0 Å². The van der Waals surface area contributed by atoms with Gasteiger partial charge in [0, 0.05) is 5.38 Å². The number of carbonyl (C=O) groups excluding carboxylic acids is 1. The molecule has 0 bridgehead atoms. The van der Waals surface area contributed by atoms with E-state index in [1.54, 1.807) is 0 Å². The molecular formula is C16H17N5O2S2. The zero-order valence-corrected chi connectivity index (χ0v) is 15.4. The number of nitrogens with one attached hydrogen (secondary N) is 2. The molecule has 0 aliphatic heterocycles. The fourth-order valence-electron chi connectivity index (χ4n) is 1.89. The first-order chi connectivity index (χ1) is 12.1. The standard InChI is InChI=1S/C16H17N5O2S2/c1-10-3-5-12(6-4-10)23-7-13-18-16(21-20-13)25-9-14(22)19-15-17-11(2)8-24-15/h3-6,8H,7,9H2,1-2H3,(H,17,19,22)(H,18,20,21). The highest BCUT2D eigenvalue weighted by atomic mass is 32.2. The molecule has 25 heavy (non-hydrogen) atoms. The molecule has 0 aliphatic carbocycles. The van der Waals surface area contributed by atoms with Crippen molar-refractivity contribution in [2.45, 2.75) is 25.6 Å². The topological polar surface area (TPSA) is 92.8 Å². The maximum absolute atomic E-state index is 11.9. The third kappa shape index (κ3) is 5.30. The molecule has 0 aliphatic rings. The molecule has 0 radical (unpaired) electrons. The van der Waals surface area contributed by atoms with Gasteiger partial charge in [-0.3, -0.25) is 9.89 Å². The van der Waals surface area contributed by atoms with Crippen molar-refractivity contribution in [2.24, 2.45) is 0 Å². The lowest BCUT2D eigenvalue weighted by Gasteiger charge is -2.03. The Labute approximate surface area is 153 Å². The Morgan fingerprint density at radius 1 is 1.28 bits per heavy atom. The maximum atomic E-state index is 11.9. The van der Waals surface area contributed by atoms with Crippen molar-refractivity contribution in [2.75, 3.05) is 11.1 Å². The average Bonchev–Trinajstić information content (AvgIpc) is 3.21. The number of carbonyl (C=O) groups is 1. The summed E-state index contributed by atoms with van der Waals surface area (Å²) in [5.41, 5.74) is 2.07. The summed E-state index contributed by atoms with van der Waals surface area (Å²) < 4.78 is 5.64. The molecule has 0 unspecified atom stereocenters. The predicted octanol–water partition coefficient (Wildman–Crippen LogP) is 3.19. The molecule has 0 saturated heterocycles. The van der Waals surface area contributed by atoms with Crippen LogP contribution in [0.4, 0.5) is 5.13 Å². The minimum absolute atomic E-state index is 0.137. The Bertz CT molecular complexity index is 844. The maximum Gasteiger partial charge on any atom is 0.236 e. The number of hydrogen-bond donors (Lipinski definition) is 2. The van der Waals surface area contributed by atoms with Crippen LogP contribution in [0.25, 0.3) is 0 Å². The van der Waals surface area contributed by atoms with E-state index in [1.165, 1.54) is 28.7 Å². The van der Waals surface area contributed by atoms with Crippen LogP contribution in [0.5, 0.6) is 5.75 Å². The second kappa shape index (κ2) is 8.13. The molecule has 3 aromatic rings. The van der Waals surface area contributed by atoms with Crippen molar-refractivity contribution < 1.29 is 9.53 Å². The quantitative estimate of drug-likeness (QED) is 0.616. The number of amides is 1. The summed E-state index contributed by atoms with van der Waals surface area (Å²) in [5, 5.41) is 12.6. The molecule has 2 aromatic heterocycles. The van der Waals surface area contributed by atoms with Gasteiger partial charge in [0.05, 0.1) is 11.4 Å². The van der Waals surface area contributed by atoms with Gasteiger partial charge in [-0.15, -0.1) is 16.4 Å². The van der Waals surface area contributed by atoms with Crippen LogP contribution in [0.3, 0.4) is 0 Å². The van der Waals surface area contributed by atoms with E-state index < -0.39 is 0 Å². The van der Waals surface area contributed by atoms with E-state index >= 15 is 0 Å². The van der Waals surface area contributed by atoms with E-state index in [2.05, 4.69) is 25.5 Å². The summed E-state index contributed by atoms with van der Waals surface area (Å²) in [6.07, 6.45) is 0. The van der Waals surface area contributed by atoms with E-state index in [4.69, 9.17) is 4.74 Å². The molecule has 0 saturated carbocycles. The van der Waals surface area contributed by atoms with Gasteiger partial charge in [0.1, 0.15) is 12.4 Å². The van der Waals surface area contributed by atoms with Crippen LogP contribution in [-0.2, 0) is 11.4 Å². The Morgan fingerprint density at radius 2 is 2.08 bits per heavy atom. The number of aryl methyl sites for hydroxylation is 2. The monoisotopic (exact) mass is 375 g/mol. The van der Waals surface area contributed by atoms with E-state index in [1.807, 2.05) is 43.5 Å². The highest BCUT2D eigenvalue weighted by molar-refractivity contribution is 7.99. The van der Waals surface area contributed by atoms with E-state index in [-0.39, 0.29) is 11.7 Å². The highest BCUT2D eigenvalue weighted by Crippen LogP contribution is 2.17. The number of H-pyrrole nitrogens is 1. The number of rotatable bonds is 7. The zero-order chi connectivity index (χ0) is 17.6. The van der Waals surface area contributed by atoms with Gasteiger partial charge in [0.2, 0.25) is 11.1 Å². The van der Waals surface area contributed by atoms with Crippen LogP contribution in [-0.4, -0.2) is 31.8 Å². The first-order valence-corrected chi connectivity index (χ1v) is 9.40. The largest absolute Gasteiger partial charge is 0.486 e. The van der Waals surface area contributed by atoms with Crippen LogP contribution in [0.2, 0.25) is 0 Å². The number of ether oxygens (including phenoxy) is 1. The molecule has 1 aromatic carbocycles. The third-order valence-electron chi connectivity index (χ3n) is 3.11. The Kier molecular flexibility index (Phi) is 5.67. The minimum Gasteiger partial charge on any atom is -0.486 e. The molecule has 3 rings (SSSR count). The fraction of sp³-hybridized carbons (Fsp3) is 0.250. The molecule has 0 fully saturated rings. The lowest BCUT2D eigenvalue weighted by atomic mass is 10.2. The molecule has 2 N–H and O–H groups in total. The van der Waals surface area contributed by atoms with Gasteiger partial charge in [-0.25, -0.2) is 9.97 Å². The van der Waals surface area contributed by atoms with Gasteiger partial charge in [-0.1, -0.05) is 29.5 Å². The number of aromatic amines is 1. The van der Waals surface area contributed by atoms with Gasteiger partial charge in [0.25, 0.3) is 0 Å². The number of thioether (sulfide) groups is 1. The van der Waals surface area contributed by atoms with Crippen molar-refractivity contribution in [1.29, 1.82) is 0 Å². The molecule has 0 atom stereocenters. The summed E-state index contributed by atoms with van der Waals surface area (Å²) in [6, 6.07) is 7.79. The van der Waals surface area contributed by atoms with Gasteiger partial charge < -0.3 is 10.1 Å². The van der Waals surface area contributed by atoms with Crippen molar-refractivity contribution in [3.8, 4) is 5.75 Å². The van der Waals surface area contributed by atoms with E-state index in [0.29, 0.717) is 22.7 Å². The Hall–Kier alpha value is -2.39. The summed E-state index contributed by atoms with van der Waals surface area (Å²) >= 11 is 2.66. The second-order valence-electron chi connectivity index (χ2n) is 5.30. The third-order valence-corrected chi connectivity index (χ3v) is 4.83. The Balaban J connectivity index is 1.44. The van der Waals surface area contributed by atoms with E-state index in [9.17, 15) is 4.79 Å². The zero-order valence-electron chi connectivity index (χ0n) is 13.8. The number of nitrogens with zero attached hydrogens (tertiary/aromatic N) is 3. The molecule has 130 valence electrons. The Morgan fingerprint density at radius 3 is 2.80 bits per heavy atom. The summed E-state index contributed by atoms with van der Waals surface area (Å²) in [7, 11) is 0. The number of hydrogen-bond acceptors (Lipinski definition) is 7. The molecule has 9 heteroatoms. The van der Waals surface area contributed by atoms with Crippen LogP contribution < -0.4 is 10.1 Å². The predicted molar refractivity (Wildman–Crippen MR) is 98.1 cm³/mol. The number of benzene rings is 1. The summed E-state index contributed by atoms with van der Waals surface area (Å²) in [6.45, 7) is 4.20. The molecule has 2 heterocycles. The normalized spacial score (nSPS) is 10.6. The van der Waals surface area contributed by atoms with Gasteiger partial charge in [-0.2, -0.15) is 0 Å². The first kappa shape index (κ1) is 17.4. The summed E-state index contributed by atoms with van der Waals surface area (Å²) in [4.78, 5) is 20.4. The van der Waals surface area contributed by atoms with Crippen LogP contribution in [0, 0.1) is 13.8 Å². The first-order valence-electron chi connectivity index (χ1n) is 7.54. The minimum atomic E-state index is -0.137. The second-order valence-corrected chi connectivity index (χ2v) is 7.10. The number of anilines is 1. The lowest BCUT2D eigenvalue weighted by molar-refractivity contribution is -0.113. The molecular weight excluding hydrogens is 358 g/mol.